The van der Waals surface area contributed by atoms with Crippen LogP contribution < -0.4 is 9.03 Å². The number of halogens is 1. The van der Waals surface area contributed by atoms with E-state index in [2.05, 4.69) is 12.8 Å². The average molecular weight is 306 g/mol. The minimum Gasteiger partial charge on any atom is -0.299 e. The summed E-state index contributed by atoms with van der Waals surface area (Å²) < 4.78 is 38.7. The van der Waals surface area contributed by atoms with E-state index in [1.807, 2.05) is 4.72 Å². The number of hydrogen-bond acceptors (Lipinski definition) is 5. The zero-order chi connectivity index (χ0) is 14.8. The predicted octanol–water partition coefficient (Wildman–Crippen LogP) is 0.713. The summed E-state index contributed by atoms with van der Waals surface area (Å²) in [5.41, 5.74) is -0.543. The molecule has 0 aliphatic carbocycles. The van der Waals surface area contributed by atoms with Crippen LogP contribution in [0.1, 0.15) is 17.3 Å². The van der Waals surface area contributed by atoms with Crippen molar-refractivity contribution in [2.75, 3.05) is 10.6 Å². The molecular weight excluding hydrogens is 295 g/mol. The van der Waals surface area contributed by atoms with Crippen LogP contribution >= 0.6 is 12.8 Å². The van der Waals surface area contributed by atoms with Gasteiger partial charge in [0.1, 0.15) is 5.82 Å². The Bertz CT molecular complexity index is 630. The van der Waals surface area contributed by atoms with Crippen molar-refractivity contribution in [3.8, 4) is 0 Å². The molecule has 0 heterocycles. The molecule has 0 fully saturated rings. The third kappa shape index (κ3) is 3.44. The second kappa shape index (κ2) is 5.57. The third-order valence-electron chi connectivity index (χ3n) is 2.14. The topological polar surface area (TPSA) is 83.6 Å². The number of carbonyl (C=O) groups is 2. The average Bonchev–Trinajstić information content (AvgIpc) is 2.28. The number of carbonyl (C=O) groups excluding carboxylic acids is 2. The molecule has 1 aromatic rings. The van der Waals surface area contributed by atoms with Crippen molar-refractivity contribution >= 4 is 40.3 Å². The molecule has 0 unspecified atom stereocenters. The summed E-state index contributed by atoms with van der Waals surface area (Å²) >= 11 is 3.53. The van der Waals surface area contributed by atoms with Crippen molar-refractivity contribution in [3.63, 3.8) is 0 Å². The van der Waals surface area contributed by atoms with Gasteiger partial charge in [0.25, 0.3) is 5.91 Å². The molecule has 1 rings (SSSR count). The number of rotatable bonds is 3. The minimum atomic E-state index is -3.94. The van der Waals surface area contributed by atoms with E-state index in [-0.39, 0.29) is 11.3 Å². The highest BCUT2D eigenvalue weighted by molar-refractivity contribution is 7.92. The Kier molecular flexibility index (Phi) is 4.53. The molecule has 1 aromatic carbocycles. The number of hydrogen-bond donors (Lipinski definition) is 2. The first kappa shape index (κ1) is 15.4. The fourth-order valence-electron chi connectivity index (χ4n) is 1.51. The van der Waals surface area contributed by atoms with Crippen LogP contribution in [-0.2, 0) is 14.8 Å². The van der Waals surface area contributed by atoms with E-state index in [1.165, 1.54) is 0 Å². The zero-order valence-electron chi connectivity index (χ0n) is 10.0. The molecule has 104 valence electrons. The maximum atomic E-state index is 13.1. The van der Waals surface area contributed by atoms with Gasteiger partial charge in [-0.15, -0.1) is 0 Å². The van der Waals surface area contributed by atoms with Gasteiger partial charge >= 0.3 is 0 Å². The molecule has 6 nitrogen and oxygen atoms in total. The molecule has 2 amide bonds. The Balaban J connectivity index is 3.56. The van der Waals surface area contributed by atoms with Crippen molar-refractivity contribution in [1.82, 2.24) is 4.72 Å². The minimum absolute atomic E-state index is 0.233. The molecule has 0 spiro atoms. The maximum absolute atomic E-state index is 13.1. The van der Waals surface area contributed by atoms with Crippen LogP contribution in [0.25, 0.3) is 0 Å². The summed E-state index contributed by atoms with van der Waals surface area (Å²) in [6, 6.07) is 2.81. The summed E-state index contributed by atoms with van der Waals surface area (Å²) in [7, 11) is -3.94. The molecule has 19 heavy (non-hydrogen) atoms. The van der Waals surface area contributed by atoms with Crippen LogP contribution in [0.3, 0.4) is 0 Å². The Morgan fingerprint density at radius 1 is 1.37 bits per heavy atom. The quantitative estimate of drug-likeness (QED) is 0.806. The van der Waals surface area contributed by atoms with Gasteiger partial charge in [-0.05, 0) is 18.2 Å². The van der Waals surface area contributed by atoms with E-state index in [9.17, 15) is 22.4 Å². The van der Waals surface area contributed by atoms with Crippen molar-refractivity contribution in [1.29, 1.82) is 0 Å². The standard InChI is InChI=1S/C10H11FN2O4S2/c1-6(14)13(19(2,16)17)9-4-3-7(11)5-8(9)10(15)12-18/h3-5,18H,1-2H3,(H,12,15). The predicted molar refractivity (Wildman–Crippen MR) is 70.9 cm³/mol. The number of amides is 2. The molecule has 0 aromatic heterocycles. The maximum Gasteiger partial charge on any atom is 0.263 e. The first-order valence-electron chi connectivity index (χ1n) is 4.93. The highest BCUT2D eigenvalue weighted by Gasteiger charge is 2.26. The van der Waals surface area contributed by atoms with E-state index in [1.54, 1.807) is 0 Å². The monoisotopic (exact) mass is 306 g/mol. The van der Waals surface area contributed by atoms with Crippen molar-refractivity contribution < 1.29 is 22.4 Å². The first-order chi connectivity index (χ1) is 8.68. The van der Waals surface area contributed by atoms with Crippen LogP contribution in [0.2, 0.25) is 0 Å². The van der Waals surface area contributed by atoms with Gasteiger partial charge in [0, 0.05) is 6.92 Å². The van der Waals surface area contributed by atoms with Gasteiger partial charge in [0.2, 0.25) is 15.9 Å². The van der Waals surface area contributed by atoms with E-state index in [0.29, 0.717) is 4.31 Å². The lowest BCUT2D eigenvalue weighted by Gasteiger charge is -2.20. The number of nitrogens with one attached hydrogen (secondary N) is 1. The molecule has 0 radical (unpaired) electrons. The van der Waals surface area contributed by atoms with Crippen LogP contribution in [0, 0.1) is 5.82 Å². The summed E-state index contributed by atoms with van der Waals surface area (Å²) in [6.45, 7) is 1.02. The molecule has 0 atom stereocenters. The summed E-state index contributed by atoms with van der Waals surface area (Å²) in [5.74, 6) is -2.39. The molecular formula is C10H11FN2O4S2. The Morgan fingerprint density at radius 3 is 2.37 bits per heavy atom. The van der Waals surface area contributed by atoms with Gasteiger partial charge in [0.15, 0.2) is 0 Å². The van der Waals surface area contributed by atoms with E-state index in [0.717, 1.165) is 31.4 Å². The molecule has 0 aliphatic rings. The molecule has 9 heteroatoms. The number of anilines is 1. The normalized spacial score (nSPS) is 10.9. The largest absolute Gasteiger partial charge is 0.299 e. The lowest BCUT2D eigenvalue weighted by molar-refractivity contribution is -0.115. The second-order valence-corrected chi connectivity index (χ2v) is 5.70. The van der Waals surface area contributed by atoms with E-state index >= 15 is 0 Å². The van der Waals surface area contributed by atoms with Crippen LogP contribution in [-0.4, -0.2) is 26.5 Å². The van der Waals surface area contributed by atoms with Gasteiger partial charge in [-0.3, -0.25) is 14.3 Å². The van der Waals surface area contributed by atoms with Crippen molar-refractivity contribution in [2.24, 2.45) is 0 Å². The van der Waals surface area contributed by atoms with Gasteiger partial charge in [-0.1, -0.05) is 12.8 Å². The SMILES string of the molecule is CC(=O)N(c1ccc(F)cc1C(=O)NS)S(C)(=O)=O. The summed E-state index contributed by atoms with van der Waals surface area (Å²) in [6.07, 6.45) is 0.806. The lowest BCUT2D eigenvalue weighted by Crippen LogP contribution is -2.36. The number of sulfonamides is 1. The van der Waals surface area contributed by atoms with E-state index in [4.69, 9.17) is 0 Å². The van der Waals surface area contributed by atoms with Gasteiger partial charge in [0.05, 0.1) is 17.5 Å². The Labute approximate surface area is 115 Å². The molecule has 0 aliphatic heterocycles. The van der Waals surface area contributed by atoms with Crippen LogP contribution in [0.5, 0.6) is 0 Å². The Hall–Kier alpha value is -1.61. The first-order valence-corrected chi connectivity index (χ1v) is 7.23. The highest BCUT2D eigenvalue weighted by Crippen LogP contribution is 2.24. The molecule has 0 saturated carbocycles. The fraction of sp³-hybridized carbons (Fsp3) is 0.200. The van der Waals surface area contributed by atoms with Crippen LogP contribution in [0.4, 0.5) is 10.1 Å². The highest BCUT2D eigenvalue weighted by atomic mass is 32.2. The Morgan fingerprint density at radius 2 is 1.95 bits per heavy atom. The van der Waals surface area contributed by atoms with Gasteiger partial charge in [-0.25, -0.2) is 17.1 Å². The summed E-state index contributed by atoms with van der Waals surface area (Å²) in [5, 5.41) is 0. The summed E-state index contributed by atoms with van der Waals surface area (Å²) in [4.78, 5) is 23.0. The zero-order valence-corrected chi connectivity index (χ0v) is 11.8. The number of nitrogens with zero attached hydrogens (tertiary/aromatic N) is 1. The van der Waals surface area contributed by atoms with Crippen molar-refractivity contribution in [2.45, 2.75) is 6.92 Å². The molecule has 0 bridgehead atoms. The third-order valence-corrected chi connectivity index (χ3v) is 3.46. The number of benzene rings is 1. The van der Waals surface area contributed by atoms with Crippen molar-refractivity contribution in [3.05, 3.63) is 29.6 Å². The second-order valence-electron chi connectivity index (χ2n) is 3.65. The molecule has 0 saturated heterocycles. The lowest BCUT2D eigenvalue weighted by atomic mass is 10.1. The van der Waals surface area contributed by atoms with Gasteiger partial charge in [-0.2, -0.15) is 0 Å². The smallest absolute Gasteiger partial charge is 0.263 e. The van der Waals surface area contributed by atoms with Gasteiger partial charge < -0.3 is 0 Å². The van der Waals surface area contributed by atoms with Crippen LogP contribution in [0.15, 0.2) is 18.2 Å². The molecule has 1 N–H and O–H groups in total. The fourth-order valence-corrected chi connectivity index (χ4v) is 2.61. The number of thiol groups is 1. The van der Waals surface area contributed by atoms with E-state index < -0.39 is 27.7 Å².